The molecule has 0 radical (unpaired) electrons. The smallest absolute Gasteiger partial charge is 0.339 e. The number of carbonyl (C=O) groups is 1. The van der Waals surface area contributed by atoms with Crippen LogP contribution in [0.25, 0.3) is 11.3 Å². The van der Waals surface area contributed by atoms with Crippen molar-refractivity contribution in [3.8, 4) is 17.0 Å². The van der Waals surface area contributed by atoms with Gasteiger partial charge in [0.15, 0.2) is 0 Å². The van der Waals surface area contributed by atoms with Crippen LogP contribution in [-0.2, 0) is 4.74 Å². The van der Waals surface area contributed by atoms with Gasteiger partial charge in [0, 0.05) is 31.2 Å². The third kappa shape index (κ3) is 3.69. The Balaban J connectivity index is 1.70. The number of methoxy groups -OCH3 is 2. The third-order valence-corrected chi connectivity index (χ3v) is 6.51. The first-order valence-corrected chi connectivity index (χ1v) is 10.2. The van der Waals surface area contributed by atoms with Crippen LogP contribution in [0.4, 0.5) is 5.82 Å². The predicted molar refractivity (Wildman–Crippen MR) is 112 cm³/mol. The molecule has 6 nitrogen and oxygen atoms in total. The van der Waals surface area contributed by atoms with Gasteiger partial charge in [-0.2, -0.15) is 0 Å². The van der Waals surface area contributed by atoms with Gasteiger partial charge in [-0.15, -0.1) is 0 Å². The van der Waals surface area contributed by atoms with Crippen LogP contribution < -0.4 is 9.64 Å². The van der Waals surface area contributed by atoms with Crippen molar-refractivity contribution in [2.45, 2.75) is 38.2 Å². The average molecular weight is 396 g/mol. The highest BCUT2D eigenvalue weighted by Crippen LogP contribution is 2.47. The number of ether oxygens (including phenoxy) is 2. The number of pyridine rings is 1. The molecule has 4 rings (SSSR count). The summed E-state index contributed by atoms with van der Waals surface area (Å²) in [6.45, 7) is 1.61. The second kappa shape index (κ2) is 8.03. The van der Waals surface area contributed by atoms with Crippen LogP contribution in [0.3, 0.4) is 0 Å². The van der Waals surface area contributed by atoms with Crippen molar-refractivity contribution in [2.24, 2.45) is 5.41 Å². The molecule has 1 aromatic carbocycles. The van der Waals surface area contributed by atoms with Gasteiger partial charge in [-0.1, -0.05) is 6.42 Å². The van der Waals surface area contributed by atoms with E-state index in [1.807, 2.05) is 24.3 Å². The number of piperidine rings is 1. The number of hydrogen-bond acceptors (Lipinski definition) is 5. The normalized spacial score (nSPS) is 24.1. The molecule has 2 aliphatic rings. The molecule has 2 heterocycles. The fraction of sp³-hybridized carbons (Fsp3) is 0.478. The van der Waals surface area contributed by atoms with Crippen LogP contribution in [0.2, 0.25) is 0 Å². The molecule has 29 heavy (non-hydrogen) atoms. The maximum atomic E-state index is 11.9. The van der Waals surface area contributed by atoms with Gasteiger partial charge in [0.05, 0.1) is 18.9 Å². The van der Waals surface area contributed by atoms with E-state index in [1.54, 1.807) is 26.4 Å². The van der Waals surface area contributed by atoms with Crippen LogP contribution >= 0.6 is 0 Å². The molecule has 1 aromatic heterocycles. The van der Waals surface area contributed by atoms with E-state index in [9.17, 15) is 9.90 Å². The zero-order valence-corrected chi connectivity index (χ0v) is 17.1. The molecule has 1 saturated heterocycles. The maximum Gasteiger partial charge on any atom is 0.339 e. The van der Waals surface area contributed by atoms with Crippen molar-refractivity contribution >= 4 is 11.8 Å². The van der Waals surface area contributed by atoms with Crippen molar-refractivity contribution in [2.75, 3.05) is 32.2 Å². The summed E-state index contributed by atoms with van der Waals surface area (Å²) in [5.74, 6) is 0.399. The third-order valence-electron chi connectivity index (χ3n) is 6.51. The second-order valence-electron chi connectivity index (χ2n) is 8.11. The highest BCUT2D eigenvalue weighted by atomic mass is 16.5. The fourth-order valence-corrected chi connectivity index (χ4v) is 5.06. The van der Waals surface area contributed by atoms with Gasteiger partial charge in [-0.25, -0.2) is 9.78 Å². The van der Waals surface area contributed by atoms with Gasteiger partial charge in [-0.3, -0.25) is 0 Å². The summed E-state index contributed by atoms with van der Waals surface area (Å²) < 4.78 is 11.0. The number of carboxylic acid groups (broad SMARTS) is 1. The average Bonchev–Trinajstić information content (AvgIpc) is 3.14. The summed E-state index contributed by atoms with van der Waals surface area (Å²) in [5, 5.41) is 9.77. The number of benzene rings is 1. The Bertz CT molecular complexity index is 883. The highest BCUT2D eigenvalue weighted by Gasteiger charge is 2.46. The molecule has 0 bridgehead atoms. The first-order valence-electron chi connectivity index (χ1n) is 10.2. The maximum absolute atomic E-state index is 11.9. The van der Waals surface area contributed by atoms with Crippen LogP contribution in [0, 0.1) is 5.41 Å². The van der Waals surface area contributed by atoms with Gasteiger partial charge < -0.3 is 19.5 Å². The van der Waals surface area contributed by atoms with Crippen LogP contribution in [0.5, 0.6) is 5.75 Å². The lowest BCUT2D eigenvalue weighted by Gasteiger charge is -2.44. The highest BCUT2D eigenvalue weighted by molar-refractivity contribution is 5.94. The Morgan fingerprint density at radius 1 is 1.14 bits per heavy atom. The predicted octanol–water partition coefficient (Wildman–Crippen LogP) is 4.24. The standard InChI is InChI=1S/C23H28N2O4/c1-28-17-8-6-16(7-9-17)19-11-10-18(22(26)27)21(24-19)25-14-4-13-23(15-25)12-3-5-20(23)29-2/h6-11,20H,3-5,12-15H2,1-2H3,(H,26,27)/t20-,23+/m1/s1. The van der Waals surface area contributed by atoms with E-state index in [2.05, 4.69) is 4.90 Å². The van der Waals surface area contributed by atoms with E-state index < -0.39 is 5.97 Å². The minimum atomic E-state index is -0.942. The van der Waals surface area contributed by atoms with Crippen LogP contribution in [0.1, 0.15) is 42.5 Å². The van der Waals surface area contributed by atoms with E-state index in [0.29, 0.717) is 5.82 Å². The van der Waals surface area contributed by atoms with Crippen LogP contribution in [-0.4, -0.2) is 49.5 Å². The summed E-state index contributed by atoms with van der Waals surface area (Å²) in [6.07, 6.45) is 5.76. The molecule has 1 saturated carbocycles. The molecule has 2 fully saturated rings. The summed E-state index contributed by atoms with van der Waals surface area (Å²) in [5.41, 5.74) is 2.06. The summed E-state index contributed by atoms with van der Waals surface area (Å²) in [4.78, 5) is 18.9. The lowest BCUT2D eigenvalue weighted by atomic mass is 9.76. The number of aromatic carboxylic acids is 1. The molecule has 0 unspecified atom stereocenters. The molecular weight excluding hydrogens is 368 g/mol. The summed E-state index contributed by atoms with van der Waals surface area (Å²) >= 11 is 0. The van der Waals surface area contributed by atoms with E-state index in [0.717, 1.165) is 62.2 Å². The van der Waals surface area contributed by atoms with Crippen LogP contribution in [0.15, 0.2) is 36.4 Å². The van der Waals surface area contributed by atoms with Gasteiger partial charge in [0.2, 0.25) is 0 Å². The number of nitrogens with zero attached hydrogens (tertiary/aromatic N) is 2. The van der Waals surface area contributed by atoms with Crippen molar-refractivity contribution in [1.82, 2.24) is 4.98 Å². The monoisotopic (exact) mass is 396 g/mol. The fourth-order valence-electron chi connectivity index (χ4n) is 5.06. The first-order chi connectivity index (χ1) is 14.1. The number of hydrogen-bond donors (Lipinski definition) is 1. The van der Waals surface area contributed by atoms with Gasteiger partial charge in [0.1, 0.15) is 17.1 Å². The molecule has 1 N–H and O–H groups in total. The minimum absolute atomic E-state index is 0.0978. The molecule has 1 spiro atoms. The quantitative estimate of drug-likeness (QED) is 0.815. The van der Waals surface area contributed by atoms with Crippen molar-refractivity contribution in [1.29, 1.82) is 0 Å². The zero-order chi connectivity index (χ0) is 20.4. The summed E-state index contributed by atoms with van der Waals surface area (Å²) in [7, 11) is 3.43. The SMILES string of the molecule is COc1ccc(-c2ccc(C(=O)O)c(N3CCC[C@@]4(CCC[C@H]4OC)C3)n2)cc1. The Kier molecular flexibility index (Phi) is 5.46. The molecule has 1 aliphatic carbocycles. The Morgan fingerprint density at radius 3 is 2.59 bits per heavy atom. The Morgan fingerprint density at radius 2 is 1.90 bits per heavy atom. The molecule has 6 heteroatoms. The zero-order valence-electron chi connectivity index (χ0n) is 17.1. The van der Waals surface area contributed by atoms with Crippen molar-refractivity contribution in [3.63, 3.8) is 0 Å². The largest absolute Gasteiger partial charge is 0.497 e. The van der Waals surface area contributed by atoms with Crippen molar-refractivity contribution < 1.29 is 19.4 Å². The second-order valence-corrected chi connectivity index (χ2v) is 8.11. The van der Waals surface area contributed by atoms with Gasteiger partial charge in [0.25, 0.3) is 0 Å². The molecule has 0 amide bonds. The molecule has 2 aromatic rings. The lowest BCUT2D eigenvalue weighted by Crippen LogP contribution is -2.48. The molecule has 2 atom stereocenters. The summed E-state index contributed by atoms with van der Waals surface area (Å²) in [6, 6.07) is 11.1. The van der Waals surface area contributed by atoms with Crippen molar-refractivity contribution in [3.05, 3.63) is 42.0 Å². The number of anilines is 1. The number of rotatable bonds is 5. The van der Waals surface area contributed by atoms with E-state index in [-0.39, 0.29) is 17.1 Å². The Labute approximate surface area is 171 Å². The number of aromatic nitrogens is 1. The molecule has 154 valence electrons. The van der Waals surface area contributed by atoms with Gasteiger partial charge >= 0.3 is 5.97 Å². The Hall–Kier alpha value is -2.60. The topological polar surface area (TPSA) is 71.9 Å². The molecule has 1 aliphatic heterocycles. The van der Waals surface area contributed by atoms with Gasteiger partial charge in [-0.05, 0) is 62.1 Å². The number of carboxylic acids is 1. The lowest BCUT2D eigenvalue weighted by molar-refractivity contribution is 0.00213. The molecular formula is C23H28N2O4. The van der Waals surface area contributed by atoms with E-state index >= 15 is 0 Å². The minimum Gasteiger partial charge on any atom is -0.497 e. The van der Waals surface area contributed by atoms with E-state index in [1.165, 1.54) is 0 Å². The van der Waals surface area contributed by atoms with E-state index in [4.69, 9.17) is 14.5 Å². The first kappa shape index (κ1) is 19.7.